The van der Waals surface area contributed by atoms with Crippen molar-refractivity contribution in [1.29, 1.82) is 0 Å². The smallest absolute Gasteiger partial charge is 0.328 e. The average molecular weight is 438 g/mol. The topological polar surface area (TPSA) is 150 Å². The second-order valence-corrected chi connectivity index (χ2v) is 7.80. The zero-order chi connectivity index (χ0) is 23.3. The van der Waals surface area contributed by atoms with E-state index in [1.807, 2.05) is 42.5 Å². The fourth-order valence-electron chi connectivity index (χ4n) is 3.98. The van der Waals surface area contributed by atoms with Crippen molar-refractivity contribution in [3.05, 3.63) is 58.5 Å². The summed E-state index contributed by atoms with van der Waals surface area (Å²) in [5, 5.41) is 8.43. The summed E-state index contributed by atoms with van der Waals surface area (Å²) >= 11 is 0. The van der Waals surface area contributed by atoms with E-state index in [0.29, 0.717) is 6.42 Å². The van der Waals surface area contributed by atoms with Gasteiger partial charge in [-0.1, -0.05) is 47.6 Å². The van der Waals surface area contributed by atoms with Crippen molar-refractivity contribution in [2.45, 2.75) is 43.9 Å². The minimum absolute atomic E-state index is 0.198. The van der Waals surface area contributed by atoms with Crippen molar-refractivity contribution < 1.29 is 19.1 Å². The lowest BCUT2D eigenvalue weighted by Crippen LogP contribution is -2.56. The Morgan fingerprint density at radius 1 is 1.28 bits per heavy atom. The molecular formula is C22H26N6O4. The summed E-state index contributed by atoms with van der Waals surface area (Å²) < 4.78 is 4.89. The van der Waals surface area contributed by atoms with Gasteiger partial charge in [-0.25, -0.2) is 4.79 Å². The first-order valence-corrected chi connectivity index (χ1v) is 10.3. The van der Waals surface area contributed by atoms with Gasteiger partial charge in [0.25, 0.3) is 0 Å². The van der Waals surface area contributed by atoms with Crippen molar-refractivity contribution >= 4 is 28.6 Å². The molecule has 0 aliphatic carbocycles. The zero-order valence-electron chi connectivity index (χ0n) is 18.0. The Morgan fingerprint density at radius 2 is 2.00 bits per heavy atom. The molecule has 0 spiro atoms. The quantitative estimate of drug-likeness (QED) is 0.292. The summed E-state index contributed by atoms with van der Waals surface area (Å²) in [7, 11) is 1.24. The van der Waals surface area contributed by atoms with Crippen LogP contribution in [-0.2, 0) is 25.5 Å². The number of hydrogen-bond donors (Lipinski definition) is 2. The van der Waals surface area contributed by atoms with Gasteiger partial charge in [0, 0.05) is 17.9 Å². The summed E-state index contributed by atoms with van der Waals surface area (Å²) in [6.07, 6.45) is 0.525. The highest BCUT2D eigenvalue weighted by Gasteiger charge is 2.43. The molecule has 10 nitrogen and oxygen atoms in total. The Hall–Kier alpha value is -3.62. The summed E-state index contributed by atoms with van der Waals surface area (Å²) in [6, 6.07) is 9.99. The largest absolute Gasteiger partial charge is 0.467 e. The molecule has 1 saturated heterocycles. The highest BCUT2D eigenvalue weighted by Crippen LogP contribution is 2.23. The van der Waals surface area contributed by atoms with Gasteiger partial charge in [-0.15, -0.1) is 0 Å². The van der Waals surface area contributed by atoms with Crippen LogP contribution in [0, 0.1) is 0 Å². The number of esters is 1. The Balaban J connectivity index is 1.84. The third-order valence-electron chi connectivity index (χ3n) is 5.56. The predicted octanol–water partition coefficient (Wildman–Crippen LogP) is 1.67. The van der Waals surface area contributed by atoms with Gasteiger partial charge in [0.1, 0.15) is 12.1 Å². The van der Waals surface area contributed by atoms with Gasteiger partial charge in [-0.05, 0) is 35.2 Å². The standard InChI is InChI=1S/C22H26N6O4/c1-13(23)21(30)28-10-9-17(26-27-24)19(28)20(29)25-18(22(31)32-2)12-14-7-8-15-5-3-4-6-16(15)11-14/h3-8,11,13,17-19H,9-10,12,23H2,1-2H3,(H,25,29)/t13-,17-,18+,19+/m1/s1. The van der Waals surface area contributed by atoms with E-state index in [1.54, 1.807) is 0 Å². The first-order valence-electron chi connectivity index (χ1n) is 10.3. The van der Waals surface area contributed by atoms with E-state index < -0.39 is 42.0 Å². The molecule has 2 aromatic rings. The number of rotatable bonds is 7. The van der Waals surface area contributed by atoms with Gasteiger partial charge in [0.2, 0.25) is 11.8 Å². The highest BCUT2D eigenvalue weighted by molar-refractivity contribution is 5.93. The molecule has 2 amide bonds. The Kier molecular flexibility index (Phi) is 7.29. The van der Waals surface area contributed by atoms with Gasteiger partial charge in [0.05, 0.1) is 19.2 Å². The van der Waals surface area contributed by atoms with Gasteiger partial charge < -0.3 is 20.7 Å². The number of azide groups is 1. The molecule has 4 atom stereocenters. The van der Waals surface area contributed by atoms with Crippen LogP contribution in [0.3, 0.4) is 0 Å². The van der Waals surface area contributed by atoms with Crippen molar-refractivity contribution in [1.82, 2.24) is 10.2 Å². The molecule has 0 radical (unpaired) electrons. The third-order valence-corrected chi connectivity index (χ3v) is 5.56. The van der Waals surface area contributed by atoms with Gasteiger partial charge in [0.15, 0.2) is 0 Å². The number of nitrogens with one attached hydrogen (secondary N) is 1. The molecule has 1 fully saturated rings. The zero-order valence-corrected chi connectivity index (χ0v) is 18.0. The fourth-order valence-corrected chi connectivity index (χ4v) is 3.98. The molecule has 32 heavy (non-hydrogen) atoms. The molecule has 3 rings (SSSR count). The molecule has 0 bridgehead atoms. The molecule has 0 saturated carbocycles. The molecule has 0 unspecified atom stereocenters. The summed E-state index contributed by atoms with van der Waals surface area (Å²) in [5.41, 5.74) is 15.4. The Morgan fingerprint density at radius 3 is 2.66 bits per heavy atom. The monoisotopic (exact) mass is 438 g/mol. The maximum absolute atomic E-state index is 13.2. The highest BCUT2D eigenvalue weighted by atomic mass is 16.5. The molecule has 168 valence electrons. The number of ether oxygens (including phenoxy) is 1. The van der Waals surface area contributed by atoms with Crippen LogP contribution in [0.2, 0.25) is 0 Å². The SMILES string of the molecule is COC(=O)[C@H](Cc1ccc2ccccc2c1)NC(=O)[C@@H]1[C@H](N=[N+]=[N-])CCN1C(=O)[C@@H](C)N. The predicted molar refractivity (Wildman–Crippen MR) is 118 cm³/mol. The van der Waals surface area contributed by atoms with Crippen LogP contribution in [-0.4, -0.2) is 60.5 Å². The van der Waals surface area contributed by atoms with E-state index in [-0.39, 0.29) is 13.0 Å². The number of nitrogens with two attached hydrogens (primary N) is 1. The number of fused-ring (bicyclic) bond motifs is 1. The number of amides is 2. The van der Waals surface area contributed by atoms with Crippen LogP contribution in [0.25, 0.3) is 21.2 Å². The first-order chi connectivity index (χ1) is 15.3. The molecular weight excluding hydrogens is 412 g/mol. The maximum atomic E-state index is 13.2. The second-order valence-electron chi connectivity index (χ2n) is 7.80. The van der Waals surface area contributed by atoms with Crippen molar-refractivity contribution in [3.63, 3.8) is 0 Å². The van der Waals surface area contributed by atoms with Crippen LogP contribution in [0.1, 0.15) is 18.9 Å². The number of likely N-dealkylation sites (tertiary alicyclic amines) is 1. The van der Waals surface area contributed by atoms with E-state index >= 15 is 0 Å². The van der Waals surface area contributed by atoms with Gasteiger partial charge in [-0.2, -0.15) is 0 Å². The van der Waals surface area contributed by atoms with E-state index in [9.17, 15) is 14.4 Å². The summed E-state index contributed by atoms with van der Waals surface area (Å²) in [6.45, 7) is 1.75. The van der Waals surface area contributed by atoms with Crippen LogP contribution in [0.4, 0.5) is 0 Å². The minimum Gasteiger partial charge on any atom is -0.467 e. The lowest BCUT2D eigenvalue weighted by Gasteiger charge is -2.28. The molecule has 1 aliphatic rings. The maximum Gasteiger partial charge on any atom is 0.328 e. The van der Waals surface area contributed by atoms with Crippen LogP contribution >= 0.6 is 0 Å². The van der Waals surface area contributed by atoms with Gasteiger partial charge >= 0.3 is 5.97 Å². The number of benzene rings is 2. The van der Waals surface area contributed by atoms with E-state index in [0.717, 1.165) is 16.3 Å². The summed E-state index contributed by atoms with van der Waals surface area (Å²) in [4.78, 5) is 42.2. The first kappa shape index (κ1) is 23.1. The number of nitrogens with zero attached hydrogens (tertiary/aromatic N) is 4. The summed E-state index contributed by atoms with van der Waals surface area (Å²) in [5.74, 6) is -1.63. The van der Waals surface area contributed by atoms with E-state index in [1.165, 1.54) is 18.9 Å². The number of hydrogen-bond acceptors (Lipinski definition) is 6. The van der Waals surface area contributed by atoms with E-state index in [2.05, 4.69) is 15.3 Å². The van der Waals surface area contributed by atoms with Crippen LogP contribution < -0.4 is 11.1 Å². The number of methoxy groups -OCH3 is 1. The fraction of sp³-hybridized carbons (Fsp3) is 0.409. The van der Waals surface area contributed by atoms with Gasteiger partial charge in [-0.3, -0.25) is 9.59 Å². The van der Waals surface area contributed by atoms with E-state index in [4.69, 9.17) is 16.0 Å². The molecule has 2 aromatic carbocycles. The Labute approximate surface area is 185 Å². The molecule has 0 aromatic heterocycles. The third kappa shape index (κ3) is 4.99. The average Bonchev–Trinajstić information content (AvgIpc) is 3.21. The lowest BCUT2D eigenvalue weighted by molar-refractivity contribution is -0.146. The van der Waals surface area contributed by atoms with Crippen molar-refractivity contribution in [3.8, 4) is 0 Å². The molecule has 10 heteroatoms. The van der Waals surface area contributed by atoms with Crippen LogP contribution in [0.5, 0.6) is 0 Å². The minimum atomic E-state index is -1.05. The Bertz CT molecular complexity index is 1070. The second kappa shape index (κ2) is 10.1. The lowest BCUT2D eigenvalue weighted by atomic mass is 10.0. The number of carbonyl (C=O) groups excluding carboxylic acids is 3. The number of carbonyl (C=O) groups is 3. The van der Waals surface area contributed by atoms with Crippen molar-refractivity contribution in [2.24, 2.45) is 10.8 Å². The van der Waals surface area contributed by atoms with Crippen molar-refractivity contribution in [2.75, 3.05) is 13.7 Å². The normalized spacial score (nSPS) is 19.7. The molecule has 1 aliphatic heterocycles. The molecule has 3 N–H and O–H groups in total. The molecule has 1 heterocycles. The van der Waals surface area contributed by atoms with Crippen LogP contribution in [0.15, 0.2) is 47.6 Å².